The molecule has 5 heteroatoms. The molecule has 5 nitrogen and oxygen atoms in total. The van der Waals surface area contributed by atoms with E-state index in [-0.39, 0.29) is 5.91 Å². The van der Waals surface area contributed by atoms with Gasteiger partial charge < -0.3 is 14.2 Å². The number of rotatable bonds is 4. The van der Waals surface area contributed by atoms with Crippen LogP contribution in [0.15, 0.2) is 53.4 Å². The van der Waals surface area contributed by atoms with E-state index in [9.17, 15) is 4.79 Å². The first kappa shape index (κ1) is 16.6. The highest BCUT2D eigenvalue weighted by Crippen LogP contribution is 2.24. The molecule has 0 radical (unpaired) electrons. The second kappa shape index (κ2) is 7.20. The first-order chi connectivity index (χ1) is 12.7. The van der Waals surface area contributed by atoms with Gasteiger partial charge in [-0.25, -0.2) is 0 Å². The van der Waals surface area contributed by atoms with Crippen molar-refractivity contribution < 1.29 is 9.21 Å². The summed E-state index contributed by atoms with van der Waals surface area (Å²) in [6, 6.07) is 10.3. The smallest absolute Gasteiger partial charge is 0.227 e. The lowest BCUT2D eigenvalue weighted by molar-refractivity contribution is -0.130. The molecular formula is C21H23N3O2. The maximum atomic E-state index is 12.7. The minimum atomic E-state index is 0.168. The van der Waals surface area contributed by atoms with Gasteiger partial charge in [-0.2, -0.15) is 0 Å². The van der Waals surface area contributed by atoms with Gasteiger partial charge in [0.25, 0.3) is 0 Å². The van der Waals surface area contributed by atoms with Gasteiger partial charge in [0, 0.05) is 55.2 Å². The van der Waals surface area contributed by atoms with Crippen LogP contribution in [0.4, 0.5) is 5.69 Å². The highest BCUT2D eigenvalue weighted by Gasteiger charge is 2.22. The van der Waals surface area contributed by atoms with E-state index in [1.807, 2.05) is 17.0 Å². The van der Waals surface area contributed by atoms with Crippen molar-refractivity contribution in [3.05, 3.63) is 60.1 Å². The van der Waals surface area contributed by atoms with E-state index in [1.54, 1.807) is 18.7 Å². The van der Waals surface area contributed by atoms with Gasteiger partial charge >= 0.3 is 0 Å². The lowest BCUT2D eigenvalue weighted by Crippen LogP contribution is -2.49. The summed E-state index contributed by atoms with van der Waals surface area (Å²) in [5, 5.41) is 1.05. The van der Waals surface area contributed by atoms with E-state index < -0.39 is 0 Å². The second-order valence-electron chi connectivity index (χ2n) is 6.70. The molecule has 0 atom stereocenters. The molecule has 3 aromatic rings. The fourth-order valence-corrected chi connectivity index (χ4v) is 3.53. The zero-order chi connectivity index (χ0) is 17.9. The minimum Gasteiger partial charge on any atom is -0.464 e. The molecule has 0 N–H and O–H groups in total. The number of piperazine rings is 1. The molecule has 4 rings (SSSR count). The van der Waals surface area contributed by atoms with Crippen molar-refractivity contribution in [2.75, 3.05) is 31.1 Å². The molecule has 1 amide bonds. The number of amides is 1. The molecule has 2 aromatic heterocycles. The zero-order valence-corrected chi connectivity index (χ0v) is 15.0. The first-order valence-electron chi connectivity index (χ1n) is 9.16. The van der Waals surface area contributed by atoms with Gasteiger partial charge in [-0.1, -0.05) is 19.1 Å². The van der Waals surface area contributed by atoms with E-state index in [2.05, 4.69) is 35.0 Å². The molecule has 1 aliphatic rings. The van der Waals surface area contributed by atoms with Crippen LogP contribution in [0.25, 0.3) is 11.0 Å². The van der Waals surface area contributed by atoms with Gasteiger partial charge in [0.2, 0.25) is 5.91 Å². The molecule has 0 bridgehead atoms. The average Bonchev–Trinajstić information content (AvgIpc) is 3.10. The van der Waals surface area contributed by atoms with Gasteiger partial charge in [0.05, 0.1) is 12.7 Å². The number of fused-ring (bicyclic) bond motifs is 1. The molecule has 134 valence electrons. The fraction of sp³-hybridized carbons (Fsp3) is 0.333. The minimum absolute atomic E-state index is 0.168. The van der Waals surface area contributed by atoms with Crippen molar-refractivity contribution >= 4 is 22.6 Å². The third-order valence-corrected chi connectivity index (χ3v) is 5.13. The number of carbonyl (C=O) groups excluding carboxylic acids is 1. The summed E-state index contributed by atoms with van der Waals surface area (Å²) in [7, 11) is 0. The Morgan fingerprint density at radius 2 is 1.88 bits per heavy atom. The summed E-state index contributed by atoms with van der Waals surface area (Å²) in [4.78, 5) is 21.0. The maximum absolute atomic E-state index is 12.7. The highest BCUT2D eigenvalue weighted by atomic mass is 16.3. The number of hydrogen-bond acceptors (Lipinski definition) is 4. The summed E-state index contributed by atoms with van der Waals surface area (Å²) in [6.45, 7) is 5.32. The average molecular weight is 349 g/mol. The van der Waals surface area contributed by atoms with Gasteiger partial charge in [-0.3, -0.25) is 9.78 Å². The van der Waals surface area contributed by atoms with Crippen molar-refractivity contribution in [1.82, 2.24) is 9.88 Å². The summed E-state index contributed by atoms with van der Waals surface area (Å²) < 4.78 is 5.67. The van der Waals surface area contributed by atoms with Gasteiger partial charge in [0.1, 0.15) is 5.58 Å². The Kier molecular flexibility index (Phi) is 4.61. The SMILES string of the molecule is CCc1ccc2c(CC(=O)N3CCN(c4ccncc4)CC3)coc2c1. The fourth-order valence-electron chi connectivity index (χ4n) is 3.53. The largest absolute Gasteiger partial charge is 0.464 e. The molecule has 0 spiro atoms. The summed E-state index contributed by atoms with van der Waals surface area (Å²) in [5.41, 5.74) is 4.26. The second-order valence-corrected chi connectivity index (χ2v) is 6.70. The van der Waals surface area contributed by atoms with E-state index in [1.165, 1.54) is 11.3 Å². The quantitative estimate of drug-likeness (QED) is 0.725. The number of aromatic nitrogens is 1. The number of nitrogens with zero attached hydrogens (tertiary/aromatic N) is 3. The maximum Gasteiger partial charge on any atom is 0.227 e. The van der Waals surface area contributed by atoms with Crippen molar-refractivity contribution in [3.8, 4) is 0 Å². The topological polar surface area (TPSA) is 49.6 Å². The first-order valence-corrected chi connectivity index (χ1v) is 9.16. The van der Waals surface area contributed by atoms with Crippen LogP contribution >= 0.6 is 0 Å². The van der Waals surface area contributed by atoms with E-state index in [4.69, 9.17) is 4.42 Å². The number of aryl methyl sites for hydroxylation is 1. The van der Waals surface area contributed by atoms with Gasteiger partial charge in [0.15, 0.2) is 0 Å². The van der Waals surface area contributed by atoms with Crippen molar-refractivity contribution in [1.29, 1.82) is 0 Å². The Balaban J connectivity index is 1.40. The standard InChI is InChI=1S/C21H23N3O2/c1-2-16-3-4-19-17(15-26-20(19)13-16)14-21(25)24-11-9-23(10-12-24)18-5-7-22-8-6-18/h3-8,13,15H,2,9-12,14H2,1H3. The molecule has 0 saturated carbocycles. The summed E-state index contributed by atoms with van der Waals surface area (Å²) in [6.07, 6.45) is 6.72. The number of pyridine rings is 1. The molecule has 1 fully saturated rings. The van der Waals surface area contributed by atoms with Crippen molar-refractivity contribution in [2.24, 2.45) is 0 Å². The summed E-state index contributed by atoms with van der Waals surface area (Å²) >= 11 is 0. The Morgan fingerprint density at radius 1 is 1.12 bits per heavy atom. The molecule has 3 heterocycles. The van der Waals surface area contributed by atoms with Crippen molar-refractivity contribution in [2.45, 2.75) is 19.8 Å². The molecule has 1 saturated heterocycles. The van der Waals surface area contributed by atoms with Crippen molar-refractivity contribution in [3.63, 3.8) is 0 Å². The Bertz CT molecular complexity index is 896. The van der Waals surface area contributed by atoms with E-state index >= 15 is 0 Å². The molecule has 26 heavy (non-hydrogen) atoms. The number of furan rings is 1. The van der Waals surface area contributed by atoms with Gasteiger partial charge in [-0.15, -0.1) is 0 Å². The number of benzene rings is 1. The Morgan fingerprint density at radius 3 is 2.62 bits per heavy atom. The van der Waals surface area contributed by atoms with Crippen LogP contribution in [0.3, 0.4) is 0 Å². The highest BCUT2D eigenvalue weighted by molar-refractivity contribution is 5.88. The van der Waals surface area contributed by atoms with Crippen LogP contribution in [-0.4, -0.2) is 42.0 Å². The van der Waals surface area contributed by atoms with E-state index in [0.29, 0.717) is 6.42 Å². The molecular weight excluding hydrogens is 326 g/mol. The number of carbonyl (C=O) groups is 1. The van der Waals surface area contributed by atoms with Crippen LogP contribution in [0, 0.1) is 0 Å². The molecule has 1 aliphatic heterocycles. The monoisotopic (exact) mass is 349 g/mol. The number of hydrogen-bond donors (Lipinski definition) is 0. The Hall–Kier alpha value is -2.82. The third kappa shape index (κ3) is 3.29. The third-order valence-electron chi connectivity index (χ3n) is 5.13. The zero-order valence-electron chi connectivity index (χ0n) is 15.0. The molecule has 0 aliphatic carbocycles. The molecule has 1 aromatic carbocycles. The van der Waals surface area contributed by atoms with Crippen LogP contribution in [0.1, 0.15) is 18.1 Å². The van der Waals surface area contributed by atoms with Crippen LogP contribution in [-0.2, 0) is 17.6 Å². The number of anilines is 1. The lowest BCUT2D eigenvalue weighted by atomic mass is 10.1. The summed E-state index contributed by atoms with van der Waals surface area (Å²) in [5.74, 6) is 0.168. The predicted octanol–water partition coefficient (Wildman–Crippen LogP) is 3.28. The van der Waals surface area contributed by atoms with Crippen LogP contribution < -0.4 is 4.90 Å². The predicted molar refractivity (Wildman–Crippen MR) is 102 cm³/mol. The normalized spacial score (nSPS) is 14.8. The van der Waals surface area contributed by atoms with E-state index in [0.717, 1.165) is 49.1 Å². The lowest BCUT2D eigenvalue weighted by Gasteiger charge is -2.36. The molecule has 0 unspecified atom stereocenters. The Labute approximate surface area is 153 Å². The van der Waals surface area contributed by atoms with Crippen LogP contribution in [0.5, 0.6) is 0 Å². The van der Waals surface area contributed by atoms with Gasteiger partial charge in [-0.05, 0) is 30.2 Å². The van der Waals surface area contributed by atoms with Crippen LogP contribution in [0.2, 0.25) is 0 Å².